The number of hydrogen-bond acceptors (Lipinski definition) is 3. The van der Waals surface area contributed by atoms with E-state index in [-0.39, 0.29) is 0 Å². The highest BCUT2D eigenvalue weighted by Crippen LogP contribution is 2.21. The molecule has 1 aliphatic rings. The molecule has 1 N–H and O–H groups in total. The standard InChI is InChI=1S/C17H18N4/c1-2-5-14-10-15(9-8-13(14)4-1)18-11-16-6-3-7-17-19-12-20-21(16)17/h1-7,12,15,18H,8-11H2. The van der Waals surface area contributed by atoms with E-state index in [0.29, 0.717) is 6.04 Å². The van der Waals surface area contributed by atoms with Gasteiger partial charge >= 0.3 is 0 Å². The molecule has 0 saturated heterocycles. The van der Waals surface area contributed by atoms with E-state index < -0.39 is 0 Å². The van der Waals surface area contributed by atoms with Gasteiger partial charge in [-0.25, -0.2) is 9.50 Å². The Morgan fingerprint density at radius 1 is 1.10 bits per heavy atom. The van der Waals surface area contributed by atoms with Crippen molar-refractivity contribution in [3.63, 3.8) is 0 Å². The van der Waals surface area contributed by atoms with Gasteiger partial charge in [-0.2, -0.15) is 5.10 Å². The first-order chi connectivity index (χ1) is 10.4. The van der Waals surface area contributed by atoms with Gasteiger partial charge < -0.3 is 5.32 Å². The first kappa shape index (κ1) is 12.5. The van der Waals surface area contributed by atoms with Crippen LogP contribution in [0, 0.1) is 0 Å². The summed E-state index contributed by atoms with van der Waals surface area (Å²) in [5, 5.41) is 7.96. The van der Waals surface area contributed by atoms with Crippen LogP contribution in [0.25, 0.3) is 5.65 Å². The maximum absolute atomic E-state index is 4.28. The van der Waals surface area contributed by atoms with E-state index in [4.69, 9.17) is 0 Å². The van der Waals surface area contributed by atoms with Gasteiger partial charge in [0.15, 0.2) is 5.65 Å². The molecule has 1 aromatic carbocycles. The van der Waals surface area contributed by atoms with Gasteiger partial charge in [0.1, 0.15) is 6.33 Å². The molecule has 4 rings (SSSR count). The molecular weight excluding hydrogens is 260 g/mol. The second-order valence-corrected chi connectivity index (χ2v) is 5.64. The van der Waals surface area contributed by atoms with Crippen LogP contribution in [0.1, 0.15) is 23.2 Å². The van der Waals surface area contributed by atoms with E-state index in [0.717, 1.165) is 24.3 Å². The average molecular weight is 278 g/mol. The molecule has 4 heteroatoms. The van der Waals surface area contributed by atoms with Crippen LogP contribution in [0.3, 0.4) is 0 Å². The van der Waals surface area contributed by atoms with Crippen LogP contribution in [0.2, 0.25) is 0 Å². The Balaban J connectivity index is 1.47. The SMILES string of the molecule is c1ccc2c(c1)CCC(NCc1cccc3ncnn13)C2. The maximum atomic E-state index is 4.28. The van der Waals surface area contributed by atoms with Crippen LogP contribution >= 0.6 is 0 Å². The lowest BCUT2D eigenvalue weighted by atomic mass is 9.88. The van der Waals surface area contributed by atoms with Gasteiger partial charge in [0, 0.05) is 12.6 Å². The van der Waals surface area contributed by atoms with Crippen molar-refractivity contribution in [2.75, 3.05) is 0 Å². The van der Waals surface area contributed by atoms with Crippen LogP contribution in [0.4, 0.5) is 0 Å². The molecule has 21 heavy (non-hydrogen) atoms. The third-order valence-electron chi connectivity index (χ3n) is 4.30. The average Bonchev–Trinajstić information content (AvgIpc) is 3.02. The molecule has 1 aliphatic carbocycles. The molecule has 2 heterocycles. The normalized spacial score (nSPS) is 17.8. The lowest BCUT2D eigenvalue weighted by Crippen LogP contribution is -2.34. The third kappa shape index (κ3) is 2.43. The number of aromatic nitrogens is 3. The highest BCUT2D eigenvalue weighted by molar-refractivity contribution is 5.37. The van der Waals surface area contributed by atoms with Crippen LogP contribution < -0.4 is 5.32 Å². The summed E-state index contributed by atoms with van der Waals surface area (Å²) in [5.41, 5.74) is 5.06. The maximum Gasteiger partial charge on any atom is 0.155 e. The predicted octanol–water partition coefficient (Wildman–Crippen LogP) is 2.38. The molecule has 0 spiro atoms. The Morgan fingerprint density at radius 3 is 2.95 bits per heavy atom. The zero-order valence-corrected chi connectivity index (χ0v) is 11.9. The molecule has 0 fully saturated rings. The van der Waals surface area contributed by atoms with Gasteiger partial charge in [-0.05, 0) is 42.5 Å². The first-order valence-electron chi connectivity index (χ1n) is 7.48. The number of aryl methyl sites for hydroxylation is 1. The van der Waals surface area contributed by atoms with Crippen molar-refractivity contribution in [2.45, 2.75) is 31.8 Å². The minimum Gasteiger partial charge on any atom is -0.308 e. The lowest BCUT2D eigenvalue weighted by Gasteiger charge is -2.25. The Bertz CT molecular complexity index is 762. The summed E-state index contributed by atoms with van der Waals surface area (Å²) < 4.78 is 1.91. The number of rotatable bonds is 3. The fourth-order valence-electron chi connectivity index (χ4n) is 3.16. The lowest BCUT2D eigenvalue weighted by molar-refractivity contribution is 0.452. The zero-order chi connectivity index (χ0) is 14.1. The summed E-state index contributed by atoms with van der Waals surface area (Å²) in [6.45, 7) is 0.827. The largest absolute Gasteiger partial charge is 0.308 e. The Hall–Kier alpha value is -2.20. The van der Waals surface area contributed by atoms with Crippen LogP contribution in [-0.4, -0.2) is 20.6 Å². The van der Waals surface area contributed by atoms with E-state index in [1.807, 2.05) is 16.6 Å². The second kappa shape index (κ2) is 5.30. The summed E-state index contributed by atoms with van der Waals surface area (Å²) >= 11 is 0. The molecule has 4 nitrogen and oxygen atoms in total. The molecular formula is C17H18N4. The number of nitrogens with zero attached hydrogens (tertiary/aromatic N) is 3. The van der Waals surface area contributed by atoms with E-state index >= 15 is 0 Å². The summed E-state index contributed by atoms with van der Waals surface area (Å²) in [7, 11) is 0. The molecule has 0 aliphatic heterocycles. The number of fused-ring (bicyclic) bond motifs is 2. The summed E-state index contributed by atoms with van der Waals surface area (Å²) in [6.07, 6.45) is 5.09. The molecule has 0 saturated carbocycles. The molecule has 1 atom stereocenters. The minimum atomic E-state index is 0.540. The highest BCUT2D eigenvalue weighted by atomic mass is 15.3. The number of hydrogen-bond donors (Lipinski definition) is 1. The smallest absolute Gasteiger partial charge is 0.155 e. The van der Waals surface area contributed by atoms with Gasteiger partial charge in [0.2, 0.25) is 0 Å². The molecule has 0 bridgehead atoms. The molecule has 0 radical (unpaired) electrons. The van der Waals surface area contributed by atoms with Crippen LogP contribution in [0.15, 0.2) is 48.8 Å². The van der Waals surface area contributed by atoms with Gasteiger partial charge in [-0.3, -0.25) is 0 Å². The number of nitrogens with one attached hydrogen (secondary N) is 1. The van der Waals surface area contributed by atoms with Crippen molar-refractivity contribution < 1.29 is 0 Å². The molecule has 0 amide bonds. The van der Waals surface area contributed by atoms with E-state index in [9.17, 15) is 0 Å². The Kier molecular flexibility index (Phi) is 3.16. The van der Waals surface area contributed by atoms with Crippen molar-refractivity contribution in [1.82, 2.24) is 19.9 Å². The summed E-state index contributed by atoms with van der Waals surface area (Å²) in [4.78, 5) is 4.23. The van der Waals surface area contributed by atoms with E-state index in [1.165, 1.54) is 24.0 Å². The van der Waals surface area contributed by atoms with Gasteiger partial charge in [-0.15, -0.1) is 0 Å². The van der Waals surface area contributed by atoms with Crippen molar-refractivity contribution in [2.24, 2.45) is 0 Å². The monoisotopic (exact) mass is 278 g/mol. The van der Waals surface area contributed by atoms with Gasteiger partial charge in [-0.1, -0.05) is 30.3 Å². The van der Waals surface area contributed by atoms with Crippen molar-refractivity contribution in [3.8, 4) is 0 Å². The van der Waals surface area contributed by atoms with E-state index in [2.05, 4.69) is 45.7 Å². The molecule has 106 valence electrons. The van der Waals surface area contributed by atoms with Gasteiger partial charge in [0.05, 0.1) is 5.69 Å². The fraction of sp³-hybridized carbons (Fsp3) is 0.294. The van der Waals surface area contributed by atoms with Crippen molar-refractivity contribution >= 4 is 5.65 Å². The summed E-state index contributed by atoms with van der Waals surface area (Å²) in [6, 6.07) is 15.4. The summed E-state index contributed by atoms with van der Waals surface area (Å²) in [5.74, 6) is 0. The number of benzene rings is 1. The predicted molar refractivity (Wildman–Crippen MR) is 82.1 cm³/mol. The topological polar surface area (TPSA) is 42.2 Å². The van der Waals surface area contributed by atoms with Crippen LogP contribution in [-0.2, 0) is 19.4 Å². The van der Waals surface area contributed by atoms with Gasteiger partial charge in [0.25, 0.3) is 0 Å². The van der Waals surface area contributed by atoms with Crippen molar-refractivity contribution in [1.29, 1.82) is 0 Å². The Labute approximate surface area is 123 Å². The molecule has 2 aromatic heterocycles. The van der Waals surface area contributed by atoms with Crippen LogP contribution in [0.5, 0.6) is 0 Å². The van der Waals surface area contributed by atoms with E-state index in [1.54, 1.807) is 6.33 Å². The Morgan fingerprint density at radius 2 is 2.00 bits per heavy atom. The molecule has 3 aromatic rings. The number of pyridine rings is 1. The zero-order valence-electron chi connectivity index (χ0n) is 11.9. The first-order valence-corrected chi connectivity index (χ1v) is 7.48. The van der Waals surface area contributed by atoms with Crippen molar-refractivity contribution in [3.05, 3.63) is 65.6 Å². The quantitative estimate of drug-likeness (QED) is 0.800. The fourth-order valence-corrected chi connectivity index (χ4v) is 3.16. The second-order valence-electron chi connectivity index (χ2n) is 5.64. The third-order valence-corrected chi connectivity index (χ3v) is 4.30. The molecule has 1 unspecified atom stereocenters. The highest BCUT2D eigenvalue weighted by Gasteiger charge is 2.17. The minimum absolute atomic E-state index is 0.540.